The van der Waals surface area contributed by atoms with Crippen molar-refractivity contribution in [2.45, 2.75) is 25.8 Å². The molecule has 96 valence electrons. The number of nitrogens with zero attached hydrogens (tertiary/aromatic N) is 4. The van der Waals surface area contributed by atoms with Gasteiger partial charge in [-0.15, -0.1) is 0 Å². The summed E-state index contributed by atoms with van der Waals surface area (Å²) in [5.74, 6) is 0. The fraction of sp³-hybridized carbons (Fsp3) is 0.571. The Bertz CT molecular complexity index is 438. The lowest BCUT2D eigenvalue weighted by Gasteiger charge is -2.32. The van der Waals surface area contributed by atoms with Crippen molar-refractivity contribution in [1.82, 2.24) is 9.88 Å². The van der Waals surface area contributed by atoms with Gasteiger partial charge in [-0.2, -0.15) is 5.26 Å². The Hall–Kier alpha value is -1.60. The van der Waals surface area contributed by atoms with E-state index in [4.69, 9.17) is 0 Å². The van der Waals surface area contributed by atoms with Gasteiger partial charge in [0.2, 0.25) is 0 Å². The van der Waals surface area contributed by atoms with E-state index in [1.54, 1.807) is 12.3 Å². The maximum absolute atomic E-state index is 9.22. The lowest BCUT2D eigenvalue weighted by molar-refractivity contribution is 0.328. The van der Waals surface area contributed by atoms with Gasteiger partial charge in [-0.1, -0.05) is 6.92 Å². The van der Waals surface area contributed by atoms with Gasteiger partial charge >= 0.3 is 0 Å². The van der Waals surface area contributed by atoms with E-state index in [1.807, 2.05) is 6.20 Å². The van der Waals surface area contributed by atoms with Gasteiger partial charge in [-0.3, -0.25) is 4.98 Å². The Kier molecular flexibility index (Phi) is 4.16. The molecule has 1 aromatic rings. The minimum Gasteiger partial charge on any atom is -0.365 e. The van der Waals surface area contributed by atoms with Gasteiger partial charge in [-0.25, -0.2) is 0 Å². The molecule has 1 aliphatic rings. The van der Waals surface area contributed by atoms with E-state index in [2.05, 4.69) is 34.8 Å². The number of anilines is 1. The zero-order valence-electron chi connectivity index (χ0n) is 11.1. The summed E-state index contributed by atoms with van der Waals surface area (Å²) >= 11 is 0. The number of rotatable bonds is 2. The highest BCUT2D eigenvalue weighted by Crippen LogP contribution is 2.24. The monoisotopic (exact) mass is 244 g/mol. The fourth-order valence-corrected chi connectivity index (χ4v) is 2.62. The van der Waals surface area contributed by atoms with Crippen molar-refractivity contribution in [1.29, 1.82) is 5.26 Å². The number of nitriles is 1. The molecule has 1 unspecified atom stereocenters. The molecule has 4 heteroatoms. The third-order valence-corrected chi connectivity index (χ3v) is 3.60. The van der Waals surface area contributed by atoms with E-state index >= 15 is 0 Å². The molecule has 4 nitrogen and oxygen atoms in total. The van der Waals surface area contributed by atoms with Crippen molar-refractivity contribution in [3.05, 3.63) is 24.0 Å². The molecule has 1 atom stereocenters. The van der Waals surface area contributed by atoms with Gasteiger partial charge in [0.15, 0.2) is 0 Å². The molecule has 0 radical (unpaired) electrons. The zero-order chi connectivity index (χ0) is 13.0. The summed E-state index contributed by atoms with van der Waals surface area (Å²) in [6.45, 7) is 5.38. The van der Waals surface area contributed by atoms with E-state index in [0.29, 0.717) is 6.04 Å². The summed E-state index contributed by atoms with van der Waals surface area (Å²) in [5.41, 5.74) is 1.72. The maximum atomic E-state index is 9.22. The van der Waals surface area contributed by atoms with Crippen LogP contribution in [0.2, 0.25) is 0 Å². The molecule has 1 aliphatic heterocycles. The van der Waals surface area contributed by atoms with Gasteiger partial charge in [0.05, 0.1) is 17.4 Å². The van der Waals surface area contributed by atoms with Crippen molar-refractivity contribution >= 4 is 5.69 Å². The Morgan fingerprint density at radius 1 is 1.50 bits per heavy atom. The van der Waals surface area contributed by atoms with Crippen LogP contribution in [-0.4, -0.2) is 42.6 Å². The van der Waals surface area contributed by atoms with Crippen molar-refractivity contribution < 1.29 is 0 Å². The van der Waals surface area contributed by atoms with Crippen LogP contribution in [-0.2, 0) is 0 Å². The van der Waals surface area contributed by atoms with Crippen LogP contribution in [0.15, 0.2) is 18.5 Å². The average molecular weight is 244 g/mol. The first-order valence-corrected chi connectivity index (χ1v) is 6.55. The van der Waals surface area contributed by atoms with Crippen molar-refractivity contribution in [2.75, 3.05) is 31.6 Å². The molecular formula is C14H20N4. The number of likely N-dealkylation sites (N-methyl/N-ethyl adjacent to an activating group) is 1. The SMILES string of the molecule is CCC1CN(C)CCCN1c1cnccc1C#N. The number of hydrogen-bond donors (Lipinski definition) is 0. The predicted molar refractivity (Wildman–Crippen MR) is 72.5 cm³/mol. The molecule has 1 fully saturated rings. The second kappa shape index (κ2) is 5.83. The highest BCUT2D eigenvalue weighted by Gasteiger charge is 2.23. The Labute approximate surface area is 109 Å². The molecule has 1 aromatic heterocycles. The summed E-state index contributed by atoms with van der Waals surface area (Å²) in [5, 5.41) is 9.22. The minimum atomic E-state index is 0.466. The average Bonchev–Trinajstić information content (AvgIpc) is 2.60. The second-order valence-electron chi connectivity index (χ2n) is 4.88. The lowest BCUT2D eigenvalue weighted by atomic mass is 10.1. The fourth-order valence-electron chi connectivity index (χ4n) is 2.62. The van der Waals surface area contributed by atoms with E-state index in [-0.39, 0.29) is 0 Å². The topological polar surface area (TPSA) is 43.2 Å². The van der Waals surface area contributed by atoms with Crippen molar-refractivity contribution in [3.63, 3.8) is 0 Å². The van der Waals surface area contributed by atoms with Crippen LogP contribution >= 0.6 is 0 Å². The largest absolute Gasteiger partial charge is 0.365 e. The normalized spacial score (nSPS) is 21.4. The van der Waals surface area contributed by atoms with Gasteiger partial charge in [0.25, 0.3) is 0 Å². The molecule has 0 N–H and O–H groups in total. The summed E-state index contributed by atoms with van der Waals surface area (Å²) < 4.78 is 0. The number of aromatic nitrogens is 1. The standard InChI is InChI=1S/C14H20N4/c1-3-13-11-17(2)7-4-8-18(13)14-10-16-6-5-12(14)9-15/h5-6,10,13H,3-4,7-8,11H2,1-2H3. The Morgan fingerprint density at radius 2 is 2.33 bits per heavy atom. The number of pyridine rings is 1. The molecule has 0 amide bonds. The molecule has 2 heterocycles. The van der Waals surface area contributed by atoms with Crippen LogP contribution < -0.4 is 4.90 Å². The molecule has 18 heavy (non-hydrogen) atoms. The van der Waals surface area contributed by atoms with Crippen LogP contribution in [0.5, 0.6) is 0 Å². The van der Waals surface area contributed by atoms with E-state index < -0.39 is 0 Å². The molecule has 1 saturated heterocycles. The van der Waals surface area contributed by atoms with Crippen LogP contribution in [0.25, 0.3) is 0 Å². The molecule has 2 rings (SSSR count). The third kappa shape index (κ3) is 2.62. The van der Waals surface area contributed by atoms with Crippen molar-refractivity contribution in [3.8, 4) is 6.07 Å². The first kappa shape index (κ1) is 12.8. The quantitative estimate of drug-likeness (QED) is 0.796. The van der Waals surface area contributed by atoms with Gasteiger partial charge in [0, 0.05) is 25.3 Å². The summed E-state index contributed by atoms with van der Waals surface area (Å²) in [4.78, 5) is 8.91. The van der Waals surface area contributed by atoms with Crippen LogP contribution in [0.1, 0.15) is 25.3 Å². The molecular weight excluding hydrogens is 224 g/mol. The maximum Gasteiger partial charge on any atom is 0.101 e. The Morgan fingerprint density at radius 3 is 3.06 bits per heavy atom. The summed E-state index contributed by atoms with van der Waals surface area (Å²) in [6.07, 6.45) is 5.73. The smallest absolute Gasteiger partial charge is 0.101 e. The van der Waals surface area contributed by atoms with E-state index in [1.165, 1.54) is 0 Å². The number of hydrogen-bond acceptors (Lipinski definition) is 4. The van der Waals surface area contributed by atoms with Crippen LogP contribution in [0, 0.1) is 11.3 Å². The first-order chi connectivity index (χ1) is 8.76. The Balaban J connectivity index is 2.32. The molecule has 0 aromatic carbocycles. The first-order valence-electron chi connectivity index (χ1n) is 6.55. The zero-order valence-corrected chi connectivity index (χ0v) is 11.1. The van der Waals surface area contributed by atoms with E-state index in [9.17, 15) is 5.26 Å². The van der Waals surface area contributed by atoms with Crippen LogP contribution in [0.3, 0.4) is 0 Å². The summed E-state index contributed by atoms with van der Waals surface area (Å²) in [6, 6.07) is 4.54. The third-order valence-electron chi connectivity index (χ3n) is 3.60. The van der Waals surface area contributed by atoms with Crippen LogP contribution in [0.4, 0.5) is 5.69 Å². The molecule has 0 bridgehead atoms. The highest BCUT2D eigenvalue weighted by molar-refractivity contribution is 5.58. The molecule has 0 saturated carbocycles. The predicted octanol–water partition coefficient (Wildman–Crippen LogP) is 1.87. The summed E-state index contributed by atoms with van der Waals surface area (Å²) in [7, 11) is 2.17. The molecule has 0 aliphatic carbocycles. The molecule has 0 spiro atoms. The second-order valence-corrected chi connectivity index (χ2v) is 4.88. The van der Waals surface area contributed by atoms with E-state index in [0.717, 1.165) is 43.7 Å². The lowest BCUT2D eigenvalue weighted by Crippen LogP contribution is -2.40. The minimum absolute atomic E-state index is 0.466. The van der Waals surface area contributed by atoms with Gasteiger partial charge < -0.3 is 9.80 Å². The van der Waals surface area contributed by atoms with Gasteiger partial charge in [-0.05, 0) is 32.5 Å². The van der Waals surface area contributed by atoms with Gasteiger partial charge in [0.1, 0.15) is 6.07 Å². The highest BCUT2D eigenvalue weighted by atomic mass is 15.2. The van der Waals surface area contributed by atoms with Crippen molar-refractivity contribution in [2.24, 2.45) is 0 Å².